The number of aldehydes is 1. The molecule has 136 valence electrons. The maximum atomic E-state index is 11.6. The van der Waals surface area contributed by atoms with Gasteiger partial charge in [-0.2, -0.15) is 0 Å². The molecule has 0 aromatic heterocycles. The molecule has 2 saturated heterocycles. The summed E-state index contributed by atoms with van der Waals surface area (Å²) in [6, 6.07) is 0. The summed E-state index contributed by atoms with van der Waals surface area (Å²) in [7, 11) is 0. The van der Waals surface area contributed by atoms with Crippen molar-refractivity contribution >= 4 is 6.29 Å². The Morgan fingerprint density at radius 3 is 2.38 bits per heavy atom. The third-order valence-corrected chi connectivity index (χ3v) is 7.51. The van der Waals surface area contributed by atoms with Crippen LogP contribution in [-0.4, -0.2) is 44.8 Å². The molecule has 2 heterocycles. The lowest BCUT2D eigenvalue weighted by Gasteiger charge is -2.63. The highest BCUT2D eigenvalue weighted by molar-refractivity contribution is 5.51. The molecule has 2 aliphatic heterocycles. The van der Waals surface area contributed by atoms with Crippen molar-refractivity contribution in [3.8, 4) is 0 Å². The van der Waals surface area contributed by atoms with Gasteiger partial charge < -0.3 is 23.7 Å². The number of carbonyl (C=O) groups excluding carboxylic acids is 1. The van der Waals surface area contributed by atoms with E-state index in [0.29, 0.717) is 38.8 Å². The molecular formula is C19H30O5. The lowest BCUT2D eigenvalue weighted by Crippen LogP contribution is -2.63. The van der Waals surface area contributed by atoms with Gasteiger partial charge in [0.25, 0.3) is 0 Å². The van der Waals surface area contributed by atoms with Crippen LogP contribution >= 0.6 is 0 Å². The Hall–Kier alpha value is -0.490. The van der Waals surface area contributed by atoms with E-state index in [2.05, 4.69) is 13.8 Å². The molecule has 0 unspecified atom stereocenters. The maximum Gasteiger partial charge on any atom is 0.174 e. The van der Waals surface area contributed by atoms with Crippen LogP contribution in [0.2, 0.25) is 0 Å². The fourth-order valence-electron chi connectivity index (χ4n) is 6.33. The second-order valence-electron chi connectivity index (χ2n) is 8.44. The summed E-state index contributed by atoms with van der Waals surface area (Å²) in [4.78, 5) is 11.6. The standard InChI is InChI=1S/C19H30O5/c1-17(8-9-20)14(16-21-10-11-22-16)5-7-18(2)15(17)4-3-6-19(18)23-12-13-24-19/h9,14-16H,3-8,10-13H2,1-2H3/t14-,15+,17-,18+/m0/s1. The lowest BCUT2D eigenvalue weighted by atomic mass is 9.45. The molecule has 4 aliphatic rings. The zero-order chi connectivity index (χ0) is 16.8. The van der Waals surface area contributed by atoms with Crippen LogP contribution in [0, 0.1) is 22.7 Å². The lowest BCUT2D eigenvalue weighted by molar-refractivity contribution is -0.306. The summed E-state index contributed by atoms with van der Waals surface area (Å²) < 4.78 is 24.2. The van der Waals surface area contributed by atoms with Crippen LogP contribution < -0.4 is 0 Å². The average molecular weight is 338 g/mol. The van der Waals surface area contributed by atoms with Gasteiger partial charge in [0.05, 0.1) is 26.4 Å². The average Bonchev–Trinajstić information content (AvgIpc) is 3.23. The van der Waals surface area contributed by atoms with Crippen molar-refractivity contribution in [1.29, 1.82) is 0 Å². The highest BCUT2D eigenvalue weighted by Crippen LogP contribution is 2.66. The number of ether oxygens (including phenoxy) is 4. The van der Waals surface area contributed by atoms with Crippen molar-refractivity contribution < 1.29 is 23.7 Å². The van der Waals surface area contributed by atoms with E-state index in [1.165, 1.54) is 0 Å². The maximum absolute atomic E-state index is 11.6. The number of carbonyl (C=O) groups is 1. The zero-order valence-electron chi connectivity index (χ0n) is 14.9. The third-order valence-electron chi connectivity index (χ3n) is 7.51. The van der Waals surface area contributed by atoms with Crippen molar-refractivity contribution in [3.63, 3.8) is 0 Å². The van der Waals surface area contributed by atoms with Gasteiger partial charge in [-0.3, -0.25) is 0 Å². The fraction of sp³-hybridized carbons (Fsp3) is 0.947. The minimum absolute atomic E-state index is 0.0470. The molecule has 5 heteroatoms. The molecule has 0 bridgehead atoms. The quantitative estimate of drug-likeness (QED) is 0.741. The van der Waals surface area contributed by atoms with Crippen LogP contribution in [0.3, 0.4) is 0 Å². The molecule has 0 amide bonds. The molecule has 2 saturated carbocycles. The SMILES string of the molecule is C[C@@]1(CC=O)[C@H]2CCCC3(OCCO3)[C@]2(C)CC[C@H]1C1OCCO1. The van der Waals surface area contributed by atoms with Crippen LogP contribution in [0.15, 0.2) is 0 Å². The number of hydrogen-bond acceptors (Lipinski definition) is 5. The first-order valence-corrected chi connectivity index (χ1v) is 9.50. The molecule has 1 spiro atoms. The Labute approximate surface area is 144 Å². The summed E-state index contributed by atoms with van der Waals surface area (Å²) in [5.41, 5.74) is -0.179. The van der Waals surface area contributed by atoms with Gasteiger partial charge in [0.2, 0.25) is 0 Å². The molecule has 0 aromatic rings. The Morgan fingerprint density at radius 1 is 1.00 bits per heavy atom. The Morgan fingerprint density at radius 2 is 1.71 bits per heavy atom. The zero-order valence-corrected chi connectivity index (χ0v) is 14.9. The fourth-order valence-corrected chi connectivity index (χ4v) is 6.33. The first kappa shape index (κ1) is 17.0. The molecule has 5 nitrogen and oxygen atoms in total. The summed E-state index contributed by atoms with van der Waals surface area (Å²) in [5, 5.41) is 0. The van der Waals surface area contributed by atoms with E-state index in [9.17, 15) is 4.79 Å². The van der Waals surface area contributed by atoms with Crippen molar-refractivity contribution in [2.45, 2.75) is 64.4 Å². The molecule has 0 aromatic carbocycles. The van der Waals surface area contributed by atoms with E-state index in [0.717, 1.165) is 38.4 Å². The second kappa shape index (κ2) is 6.04. The Balaban J connectivity index is 1.70. The summed E-state index contributed by atoms with van der Waals surface area (Å²) in [6.07, 6.45) is 6.70. The summed E-state index contributed by atoms with van der Waals surface area (Å²) in [6.45, 7) is 7.30. The number of rotatable bonds is 3. The molecule has 0 N–H and O–H groups in total. The van der Waals surface area contributed by atoms with E-state index in [-0.39, 0.29) is 23.0 Å². The predicted molar refractivity (Wildman–Crippen MR) is 87.3 cm³/mol. The van der Waals surface area contributed by atoms with Crippen LogP contribution in [0.1, 0.15) is 52.4 Å². The monoisotopic (exact) mass is 338 g/mol. The molecule has 4 atom stereocenters. The molecule has 4 rings (SSSR count). The van der Waals surface area contributed by atoms with Gasteiger partial charge in [0.15, 0.2) is 12.1 Å². The molecule has 24 heavy (non-hydrogen) atoms. The minimum atomic E-state index is -0.456. The molecule has 0 radical (unpaired) electrons. The van der Waals surface area contributed by atoms with Gasteiger partial charge in [-0.1, -0.05) is 13.8 Å². The van der Waals surface area contributed by atoms with E-state index in [1.807, 2.05) is 0 Å². The van der Waals surface area contributed by atoms with E-state index in [1.54, 1.807) is 0 Å². The van der Waals surface area contributed by atoms with Gasteiger partial charge in [0.1, 0.15) is 6.29 Å². The third kappa shape index (κ3) is 2.24. The second-order valence-corrected chi connectivity index (χ2v) is 8.44. The van der Waals surface area contributed by atoms with Crippen molar-refractivity contribution in [2.75, 3.05) is 26.4 Å². The number of hydrogen-bond donors (Lipinski definition) is 0. The molecule has 2 aliphatic carbocycles. The number of fused-ring (bicyclic) bond motifs is 2. The van der Waals surface area contributed by atoms with Gasteiger partial charge in [-0.15, -0.1) is 0 Å². The highest BCUT2D eigenvalue weighted by atomic mass is 16.7. The van der Waals surface area contributed by atoms with Crippen LogP contribution in [0.4, 0.5) is 0 Å². The first-order chi connectivity index (χ1) is 11.6. The normalized spacial score (nSPS) is 45.4. The smallest absolute Gasteiger partial charge is 0.174 e. The van der Waals surface area contributed by atoms with Crippen molar-refractivity contribution in [3.05, 3.63) is 0 Å². The Kier molecular flexibility index (Phi) is 4.27. The minimum Gasteiger partial charge on any atom is -0.350 e. The van der Waals surface area contributed by atoms with E-state index in [4.69, 9.17) is 18.9 Å². The van der Waals surface area contributed by atoms with Gasteiger partial charge in [0, 0.05) is 24.2 Å². The van der Waals surface area contributed by atoms with E-state index >= 15 is 0 Å². The van der Waals surface area contributed by atoms with E-state index < -0.39 is 5.79 Å². The topological polar surface area (TPSA) is 54.0 Å². The summed E-state index contributed by atoms with van der Waals surface area (Å²) in [5.74, 6) is 0.191. The van der Waals surface area contributed by atoms with Crippen LogP contribution in [-0.2, 0) is 23.7 Å². The van der Waals surface area contributed by atoms with Crippen LogP contribution in [0.25, 0.3) is 0 Å². The van der Waals surface area contributed by atoms with Crippen molar-refractivity contribution in [2.24, 2.45) is 22.7 Å². The van der Waals surface area contributed by atoms with Crippen LogP contribution in [0.5, 0.6) is 0 Å². The first-order valence-electron chi connectivity index (χ1n) is 9.50. The molecular weight excluding hydrogens is 308 g/mol. The molecule has 4 fully saturated rings. The Bertz CT molecular complexity index is 482. The largest absolute Gasteiger partial charge is 0.350 e. The van der Waals surface area contributed by atoms with Gasteiger partial charge in [-0.25, -0.2) is 0 Å². The van der Waals surface area contributed by atoms with Gasteiger partial charge in [-0.05, 0) is 37.0 Å². The predicted octanol–water partition coefficient (Wildman–Crippen LogP) is 2.91. The van der Waals surface area contributed by atoms with Gasteiger partial charge >= 0.3 is 0 Å². The van der Waals surface area contributed by atoms with Crippen molar-refractivity contribution in [1.82, 2.24) is 0 Å². The summed E-state index contributed by atoms with van der Waals surface area (Å²) >= 11 is 0. The highest BCUT2D eigenvalue weighted by Gasteiger charge is 2.66.